The Bertz CT molecular complexity index is 1530. The number of ether oxygens (including phenoxy) is 1. The molecule has 8 nitrogen and oxygen atoms in total. The zero-order chi connectivity index (χ0) is 25.8. The Morgan fingerprint density at radius 2 is 2.03 bits per heavy atom. The molecule has 1 aliphatic rings. The number of nitrogens with one attached hydrogen (secondary N) is 1. The van der Waals surface area contributed by atoms with Gasteiger partial charge in [0.15, 0.2) is 5.65 Å². The number of hydrogen-bond acceptors (Lipinski definition) is 6. The number of sulfone groups is 1. The van der Waals surface area contributed by atoms with Gasteiger partial charge >= 0.3 is 0 Å². The molecule has 9 heteroatoms. The van der Waals surface area contributed by atoms with Crippen molar-refractivity contribution in [1.82, 2.24) is 24.5 Å². The second kappa shape index (κ2) is 8.97. The number of aromatic nitrogens is 4. The highest BCUT2D eigenvalue weighted by molar-refractivity contribution is 7.90. The van der Waals surface area contributed by atoms with Crippen molar-refractivity contribution in [1.29, 1.82) is 0 Å². The van der Waals surface area contributed by atoms with E-state index in [9.17, 15) is 8.42 Å². The standard InChI is InChI=1S/C27H35N5O3S/c1-17(2)24-21-12-19(23-14-31(9-10-36(6,33)34)27(4,5)15-35-23)7-8-22(21)30-25(24)20-11-18(3)26-28-16-29-32(26)13-20/h7-8,11-13,16-17,23,30H,9-10,14-15H2,1-6H3. The Labute approximate surface area is 212 Å². The van der Waals surface area contributed by atoms with Crippen LogP contribution in [0.5, 0.6) is 0 Å². The van der Waals surface area contributed by atoms with Crippen LogP contribution in [0.25, 0.3) is 27.8 Å². The highest BCUT2D eigenvalue weighted by Gasteiger charge is 2.36. The van der Waals surface area contributed by atoms with Crippen LogP contribution in [0.3, 0.4) is 0 Å². The predicted molar refractivity (Wildman–Crippen MR) is 143 cm³/mol. The number of hydrogen-bond donors (Lipinski definition) is 1. The van der Waals surface area contributed by atoms with Crippen LogP contribution in [0, 0.1) is 6.92 Å². The summed E-state index contributed by atoms with van der Waals surface area (Å²) in [5.74, 6) is 0.448. The quantitative estimate of drug-likeness (QED) is 0.411. The minimum absolute atomic E-state index is 0.117. The van der Waals surface area contributed by atoms with Crippen LogP contribution in [0.1, 0.15) is 56.4 Å². The van der Waals surface area contributed by atoms with E-state index in [-0.39, 0.29) is 17.4 Å². The van der Waals surface area contributed by atoms with Gasteiger partial charge in [0, 0.05) is 47.5 Å². The molecule has 36 heavy (non-hydrogen) atoms. The first-order valence-corrected chi connectivity index (χ1v) is 14.5. The molecule has 0 bridgehead atoms. The average molecular weight is 510 g/mol. The molecule has 1 aliphatic heterocycles. The summed E-state index contributed by atoms with van der Waals surface area (Å²) in [6.07, 6.45) is 4.79. The number of benzene rings is 1. The second-order valence-electron chi connectivity index (χ2n) is 11.0. The summed E-state index contributed by atoms with van der Waals surface area (Å²) < 4.78 is 31.8. The van der Waals surface area contributed by atoms with Crippen LogP contribution < -0.4 is 0 Å². The van der Waals surface area contributed by atoms with Gasteiger partial charge in [-0.3, -0.25) is 4.90 Å². The van der Waals surface area contributed by atoms with E-state index in [1.807, 2.05) is 10.7 Å². The molecule has 3 aromatic heterocycles. The van der Waals surface area contributed by atoms with Crippen LogP contribution in [-0.4, -0.2) is 70.1 Å². The molecule has 0 amide bonds. The molecule has 4 aromatic rings. The lowest BCUT2D eigenvalue weighted by Crippen LogP contribution is -2.54. The SMILES string of the molecule is Cc1cc(-c2[nH]c3ccc(C4CN(CCS(C)(=O)=O)C(C)(C)CO4)cc3c2C(C)C)cn2ncnc12. The monoisotopic (exact) mass is 509 g/mol. The van der Waals surface area contributed by atoms with Crippen molar-refractivity contribution >= 4 is 26.4 Å². The highest BCUT2D eigenvalue weighted by atomic mass is 32.2. The van der Waals surface area contributed by atoms with Gasteiger partial charge in [0.1, 0.15) is 16.2 Å². The molecule has 1 atom stereocenters. The topological polar surface area (TPSA) is 92.6 Å². The van der Waals surface area contributed by atoms with Crippen LogP contribution >= 0.6 is 0 Å². The number of rotatable bonds is 6. The fraction of sp³-hybridized carbons (Fsp3) is 0.481. The summed E-state index contributed by atoms with van der Waals surface area (Å²) >= 11 is 0. The van der Waals surface area contributed by atoms with Crippen molar-refractivity contribution < 1.29 is 13.2 Å². The van der Waals surface area contributed by atoms with E-state index in [0.29, 0.717) is 25.6 Å². The number of nitrogens with zero attached hydrogens (tertiary/aromatic N) is 4. The number of aromatic amines is 1. The number of H-pyrrole nitrogens is 1. The molecule has 0 radical (unpaired) electrons. The van der Waals surface area contributed by atoms with Gasteiger partial charge in [-0.1, -0.05) is 19.9 Å². The first-order valence-electron chi connectivity index (χ1n) is 12.4. The summed E-state index contributed by atoms with van der Waals surface area (Å²) in [6.45, 7) is 12.4. The van der Waals surface area contributed by atoms with Gasteiger partial charge in [-0.2, -0.15) is 5.10 Å². The van der Waals surface area contributed by atoms with Gasteiger partial charge in [-0.25, -0.2) is 17.9 Å². The Morgan fingerprint density at radius 3 is 2.75 bits per heavy atom. The van der Waals surface area contributed by atoms with E-state index in [2.05, 4.69) is 78.9 Å². The van der Waals surface area contributed by atoms with Crippen LogP contribution in [-0.2, 0) is 14.6 Å². The summed E-state index contributed by atoms with van der Waals surface area (Å²) in [5.41, 5.74) is 7.35. The molecule has 0 saturated carbocycles. The molecule has 0 spiro atoms. The molecule has 1 aromatic carbocycles. The zero-order valence-electron chi connectivity index (χ0n) is 21.9. The molecule has 1 fully saturated rings. The third-order valence-electron chi connectivity index (χ3n) is 7.27. The van der Waals surface area contributed by atoms with Gasteiger partial charge < -0.3 is 9.72 Å². The van der Waals surface area contributed by atoms with Crippen molar-refractivity contribution in [2.75, 3.05) is 31.7 Å². The zero-order valence-corrected chi connectivity index (χ0v) is 22.7. The molecule has 0 aliphatic carbocycles. The Balaban J connectivity index is 1.52. The lowest BCUT2D eigenvalue weighted by molar-refractivity contribution is -0.0980. The first kappa shape index (κ1) is 24.9. The Hall–Kier alpha value is -2.75. The summed E-state index contributed by atoms with van der Waals surface area (Å²) in [4.78, 5) is 10.2. The van der Waals surface area contributed by atoms with E-state index in [4.69, 9.17) is 4.74 Å². The van der Waals surface area contributed by atoms with Gasteiger partial charge in [0.05, 0.1) is 24.2 Å². The average Bonchev–Trinajstić information content (AvgIpc) is 3.42. The minimum atomic E-state index is -3.03. The second-order valence-corrected chi connectivity index (χ2v) is 13.3. The largest absolute Gasteiger partial charge is 0.370 e. The summed E-state index contributed by atoms with van der Waals surface area (Å²) in [5, 5.41) is 5.54. The number of pyridine rings is 1. The summed E-state index contributed by atoms with van der Waals surface area (Å²) in [6, 6.07) is 8.65. The smallest absolute Gasteiger partial charge is 0.158 e. The minimum Gasteiger partial charge on any atom is -0.370 e. The predicted octanol–water partition coefficient (Wildman–Crippen LogP) is 4.51. The third kappa shape index (κ3) is 4.67. The van der Waals surface area contributed by atoms with Crippen molar-refractivity contribution in [2.45, 2.75) is 52.2 Å². The molecule has 5 rings (SSSR count). The molecule has 1 unspecified atom stereocenters. The Kier molecular flexibility index (Phi) is 6.21. The molecular weight excluding hydrogens is 474 g/mol. The molecule has 192 valence electrons. The van der Waals surface area contributed by atoms with Gasteiger partial charge in [-0.05, 0) is 61.6 Å². The Morgan fingerprint density at radius 1 is 1.25 bits per heavy atom. The molecule has 1 saturated heterocycles. The van der Waals surface area contributed by atoms with Crippen LogP contribution in [0.4, 0.5) is 0 Å². The van der Waals surface area contributed by atoms with Gasteiger partial charge in [-0.15, -0.1) is 0 Å². The number of aryl methyl sites for hydroxylation is 1. The van der Waals surface area contributed by atoms with Crippen molar-refractivity contribution in [3.63, 3.8) is 0 Å². The third-order valence-corrected chi connectivity index (χ3v) is 8.20. The maximum atomic E-state index is 11.8. The molecule has 1 N–H and O–H groups in total. The van der Waals surface area contributed by atoms with E-state index >= 15 is 0 Å². The van der Waals surface area contributed by atoms with E-state index < -0.39 is 9.84 Å². The lowest BCUT2D eigenvalue weighted by Gasteiger charge is -2.45. The molecular formula is C27H35N5O3S. The fourth-order valence-corrected chi connectivity index (χ4v) is 5.81. The molecule has 4 heterocycles. The maximum absolute atomic E-state index is 11.8. The van der Waals surface area contributed by atoms with Gasteiger partial charge in [0.25, 0.3) is 0 Å². The normalized spacial score (nSPS) is 19.0. The van der Waals surface area contributed by atoms with E-state index in [1.54, 1.807) is 6.33 Å². The lowest BCUT2D eigenvalue weighted by atomic mass is 9.94. The number of morpholine rings is 1. The number of fused-ring (bicyclic) bond motifs is 2. The maximum Gasteiger partial charge on any atom is 0.158 e. The highest BCUT2D eigenvalue weighted by Crippen LogP contribution is 2.38. The van der Waals surface area contributed by atoms with E-state index in [0.717, 1.165) is 33.5 Å². The van der Waals surface area contributed by atoms with Crippen molar-refractivity contribution in [3.8, 4) is 11.3 Å². The first-order chi connectivity index (χ1) is 16.9. The van der Waals surface area contributed by atoms with Crippen LogP contribution in [0.15, 0.2) is 36.8 Å². The fourth-order valence-electron chi connectivity index (χ4n) is 5.26. The summed E-state index contributed by atoms with van der Waals surface area (Å²) in [7, 11) is -3.03. The van der Waals surface area contributed by atoms with Crippen molar-refractivity contribution in [3.05, 3.63) is 53.5 Å². The van der Waals surface area contributed by atoms with Crippen molar-refractivity contribution in [2.24, 2.45) is 0 Å². The van der Waals surface area contributed by atoms with E-state index in [1.165, 1.54) is 17.2 Å². The van der Waals surface area contributed by atoms with Crippen LogP contribution in [0.2, 0.25) is 0 Å². The van der Waals surface area contributed by atoms with Gasteiger partial charge in [0.2, 0.25) is 0 Å².